The second-order valence-corrected chi connectivity index (χ2v) is 20.8. The van der Waals surface area contributed by atoms with Crippen molar-refractivity contribution >= 4 is 37.0 Å². The van der Waals surface area contributed by atoms with Gasteiger partial charge < -0.3 is 9.90 Å². The van der Waals surface area contributed by atoms with Gasteiger partial charge in [-0.2, -0.15) is 0 Å². The monoisotopic (exact) mass is 425 g/mol. The van der Waals surface area contributed by atoms with E-state index in [-0.39, 0.29) is 0 Å². The zero-order valence-corrected chi connectivity index (χ0v) is 18.5. The summed E-state index contributed by atoms with van der Waals surface area (Å²) in [5, 5.41) is 8.89. The zero-order chi connectivity index (χ0) is 16.6. The number of aliphatic carboxylic acids is 1. The molecule has 0 fully saturated rings. The Morgan fingerprint density at radius 2 is 1.14 bits per heavy atom. The Balaban J connectivity index is 0. The Labute approximate surface area is 142 Å². The van der Waals surface area contributed by atoms with E-state index in [4.69, 9.17) is 9.90 Å². The summed E-state index contributed by atoms with van der Waals surface area (Å²) in [4.78, 5) is 8.89. The van der Waals surface area contributed by atoms with Crippen LogP contribution in [0.3, 0.4) is 0 Å². The molecule has 0 saturated heterocycles. The van der Waals surface area contributed by atoms with Crippen molar-refractivity contribution in [1.29, 1.82) is 0 Å². The van der Waals surface area contributed by atoms with Crippen molar-refractivity contribution < 1.29 is 9.90 Å². The number of hydrogen-bond acceptors (Lipinski definition) is 3. The van der Waals surface area contributed by atoms with Crippen molar-refractivity contribution in [3.05, 3.63) is 0 Å². The van der Waals surface area contributed by atoms with Crippen molar-refractivity contribution in [2.45, 2.75) is 90.4 Å². The topological polar surface area (TPSA) is 40.1 Å². The molecule has 0 atom stereocenters. The molecule has 0 bridgehead atoms. The Morgan fingerprint density at radius 3 is 1.38 bits per heavy atom. The van der Waals surface area contributed by atoms with Gasteiger partial charge in [0.05, 0.1) is 0 Å². The average Bonchev–Trinajstić information content (AvgIpc) is 2.45. The van der Waals surface area contributed by atoms with Gasteiger partial charge in [-0.1, -0.05) is 0 Å². The van der Waals surface area contributed by atoms with Crippen LogP contribution in [0.15, 0.2) is 0 Å². The van der Waals surface area contributed by atoms with E-state index in [2.05, 4.69) is 33.4 Å². The zero-order valence-electron chi connectivity index (χ0n) is 14.7. The Bertz CT molecular complexity index is 193. The second-order valence-electron chi connectivity index (χ2n) is 6.13. The van der Waals surface area contributed by atoms with Gasteiger partial charge in [0.25, 0.3) is 0 Å². The quantitative estimate of drug-likeness (QED) is 0.357. The van der Waals surface area contributed by atoms with Crippen LogP contribution >= 0.6 is 12.6 Å². The van der Waals surface area contributed by atoms with Gasteiger partial charge in [-0.25, -0.2) is 0 Å². The van der Waals surface area contributed by atoms with Gasteiger partial charge in [0.2, 0.25) is 0 Å². The van der Waals surface area contributed by atoms with Crippen LogP contribution < -0.4 is 5.11 Å². The van der Waals surface area contributed by atoms with Crippen LogP contribution in [0.2, 0.25) is 17.7 Å². The predicted molar refractivity (Wildman–Crippen MR) is 98.9 cm³/mol. The van der Waals surface area contributed by atoms with Crippen molar-refractivity contribution in [3.63, 3.8) is 0 Å². The minimum absolute atomic E-state index is 0.972. The first-order chi connectivity index (χ1) is 9.97. The van der Waals surface area contributed by atoms with Gasteiger partial charge in [-0.05, 0) is 6.92 Å². The molecule has 0 radical (unpaired) electrons. The number of carboxylic acids is 1. The van der Waals surface area contributed by atoms with Crippen LogP contribution in [0.1, 0.15) is 72.6 Å². The molecule has 0 rings (SSSR count). The van der Waals surface area contributed by atoms with E-state index < -0.39 is 24.3 Å². The summed E-state index contributed by atoms with van der Waals surface area (Å²) >= 11 is 2.70. The molecular formula is C17H37O2SSn-. The van der Waals surface area contributed by atoms with Crippen LogP contribution in [0.4, 0.5) is 0 Å². The number of carbonyl (C=O) groups is 1. The van der Waals surface area contributed by atoms with Crippen molar-refractivity contribution in [2.75, 3.05) is 5.75 Å². The minimum atomic E-state index is -1.74. The predicted octanol–water partition coefficient (Wildman–Crippen LogP) is 4.91. The summed E-state index contributed by atoms with van der Waals surface area (Å²) in [7, 11) is 0. The number of carboxylic acid groups (broad SMARTS) is 1. The number of hydrogen-bond donors (Lipinski definition) is 1. The summed E-state index contributed by atoms with van der Waals surface area (Å²) in [5.41, 5.74) is 0. The van der Waals surface area contributed by atoms with E-state index in [1.54, 1.807) is 17.7 Å². The van der Waals surface area contributed by atoms with Crippen LogP contribution in [0.25, 0.3) is 0 Å². The summed E-state index contributed by atoms with van der Waals surface area (Å²) in [6, 6.07) is 0. The van der Waals surface area contributed by atoms with Gasteiger partial charge in [-0.15, -0.1) is 0 Å². The molecule has 21 heavy (non-hydrogen) atoms. The van der Waals surface area contributed by atoms with E-state index in [1.165, 1.54) is 44.9 Å². The number of thiol groups is 1. The molecule has 0 aromatic heterocycles. The number of rotatable bonds is 12. The molecular weight excluding hydrogens is 387 g/mol. The second kappa shape index (κ2) is 17.0. The molecule has 2 nitrogen and oxygen atoms in total. The molecule has 0 unspecified atom stereocenters. The van der Waals surface area contributed by atoms with Crippen molar-refractivity contribution in [1.82, 2.24) is 0 Å². The fraction of sp³-hybridized carbons (Fsp3) is 0.941. The summed E-state index contributed by atoms with van der Waals surface area (Å²) < 4.78 is 6.62. The van der Waals surface area contributed by atoms with Gasteiger partial charge >= 0.3 is 120 Å². The Kier molecular flexibility index (Phi) is 19.3. The number of carbonyl (C=O) groups excluding carboxylic acids is 1. The third-order valence-electron chi connectivity index (χ3n) is 4.05. The first kappa shape index (κ1) is 23.9. The van der Waals surface area contributed by atoms with Crippen LogP contribution in [0, 0.1) is 0 Å². The summed E-state index contributed by atoms with van der Waals surface area (Å²) in [5.74, 6) is 0.0308. The first-order valence-corrected chi connectivity index (χ1v) is 17.5. The molecule has 128 valence electrons. The maximum absolute atomic E-state index is 8.89. The van der Waals surface area contributed by atoms with Gasteiger partial charge in [-0.3, -0.25) is 0 Å². The van der Waals surface area contributed by atoms with E-state index in [0.717, 1.165) is 12.7 Å². The molecule has 0 aromatic carbocycles. The van der Waals surface area contributed by atoms with E-state index in [9.17, 15) is 0 Å². The van der Waals surface area contributed by atoms with Gasteiger partial charge in [0.1, 0.15) is 0 Å². The molecule has 0 aromatic rings. The van der Waals surface area contributed by atoms with Crippen molar-refractivity contribution in [3.8, 4) is 0 Å². The molecule has 0 aliphatic heterocycles. The Hall–Kier alpha value is 0.619. The van der Waals surface area contributed by atoms with Crippen molar-refractivity contribution in [2.24, 2.45) is 0 Å². The molecule has 0 aliphatic carbocycles. The molecule has 0 N–H and O–H groups in total. The Morgan fingerprint density at radius 1 is 0.857 bits per heavy atom. The standard InChI is InChI=1S/3C4H9.C3H7S.C2H4O2.Sn/c3*1-3-4-2;1-2-3-4;1-2(3)4;/h3*1,3-4H2,2H3;4H,1-3H2;1H3,(H,3,4);/p-1. The molecule has 0 amide bonds. The summed E-state index contributed by atoms with van der Waals surface area (Å²) in [6.07, 6.45) is 10.1. The van der Waals surface area contributed by atoms with E-state index in [1.807, 2.05) is 0 Å². The normalized spacial score (nSPS) is 10.9. The maximum atomic E-state index is 8.89. The third kappa shape index (κ3) is 16.8. The van der Waals surface area contributed by atoms with Crippen LogP contribution in [-0.4, -0.2) is 30.1 Å². The van der Waals surface area contributed by atoms with Gasteiger partial charge in [0.15, 0.2) is 0 Å². The molecule has 0 spiro atoms. The molecule has 4 heteroatoms. The average molecular weight is 424 g/mol. The van der Waals surface area contributed by atoms with Crippen LogP contribution in [-0.2, 0) is 4.79 Å². The van der Waals surface area contributed by atoms with E-state index in [0.29, 0.717) is 0 Å². The molecule has 0 aliphatic rings. The fourth-order valence-electron chi connectivity index (χ4n) is 2.86. The fourth-order valence-corrected chi connectivity index (χ4v) is 20.2. The number of unbranched alkanes of at least 4 members (excludes halogenated alkanes) is 3. The first-order valence-electron chi connectivity index (χ1n) is 8.76. The van der Waals surface area contributed by atoms with E-state index >= 15 is 0 Å². The molecule has 0 heterocycles. The third-order valence-corrected chi connectivity index (χ3v) is 20.5. The van der Waals surface area contributed by atoms with Gasteiger partial charge in [0, 0.05) is 5.97 Å². The van der Waals surface area contributed by atoms with Crippen LogP contribution in [0.5, 0.6) is 0 Å². The molecule has 0 saturated carbocycles. The summed E-state index contributed by atoms with van der Waals surface area (Å²) in [6.45, 7) is 8.04. The SMILES string of the molecule is CC(=O)[O-].CCC[CH2][Sn]([CH2]CCC)([CH2]CCC)[CH2]CCS.